The van der Waals surface area contributed by atoms with E-state index in [2.05, 4.69) is 11.1 Å². The normalized spacial score (nSPS) is 10.6. The van der Waals surface area contributed by atoms with Gasteiger partial charge in [-0.25, -0.2) is 0 Å². The van der Waals surface area contributed by atoms with Gasteiger partial charge < -0.3 is 5.11 Å². The van der Waals surface area contributed by atoms with Gasteiger partial charge in [-0.15, -0.1) is 0 Å². The van der Waals surface area contributed by atoms with E-state index in [1.807, 2.05) is 26.0 Å². The van der Waals surface area contributed by atoms with Crippen LogP contribution in [0.15, 0.2) is 24.3 Å². The SMILES string of the molecule is Cc1ccc2ccc(CC(=O)O)nc2c1C. The largest absolute Gasteiger partial charge is 0.481 e. The topological polar surface area (TPSA) is 50.2 Å². The molecular weight excluding hydrogens is 202 g/mol. The van der Waals surface area contributed by atoms with E-state index in [9.17, 15) is 4.79 Å². The first-order chi connectivity index (χ1) is 7.58. The summed E-state index contributed by atoms with van der Waals surface area (Å²) in [5.41, 5.74) is 3.80. The summed E-state index contributed by atoms with van der Waals surface area (Å²) in [5.74, 6) is -0.850. The highest BCUT2D eigenvalue weighted by atomic mass is 16.4. The number of carboxylic acid groups (broad SMARTS) is 1. The Balaban J connectivity index is 2.59. The summed E-state index contributed by atoms with van der Waals surface area (Å²) in [6.07, 6.45) is -0.0245. The molecule has 1 heterocycles. The van der Waals surface area contributed by atoms with Crippen LogP contribution in [0.4, 0.5) is 0 Å². The van der Waals surface area contributed by atoms with Crippen molar-refractivity contribution in [3.05, 3.63) is 41.1 Å². The number of carboxylic acids is 1. The van der Waals surface area contributed by atoms with Crippen LogP contribution >= 0.6 is 0 Å². The fourth-order valence-corrected chi connectivity index (χ4v) is 1.73. The molecule has 0 aliphatic heterocycles. The van der Waals surface area contributed by atoms with Crippen molar-refractivity contribution >= 4 is 16.9 Å². The molecule has 0 saturated carbocycles. The maximum absolute atomic E-state index is 10.6. The van der Waals surface area contributed by atoms with Crippen LogP contribution in [0.3, 0.4) is 0 Å². The molecule has 1 N–H and O–H groups in total. The molecule has 16 heavy (non-hydrogen) atoms. The standard InChI is InChI=1S/C13H13NO2/c1-8-3-4-10-5-6-11(7-12(15)16)14-13(10)9(8)2/h3-6H,7H2,1-2H3,(H,15,16). The molecule has 82 valence electrons. The number of pyridine rings is 1. The van der Waals surface area contributed by atoms with Crippen molar-refractivity contribution in [1.82, 2.24) is 4.98 Å². The summed E-state index contributed by atoms with van der Waals surface area (Å²) in [7, 11) is 0. The van der Waals surface area contributed by atoms with Gasteiger partial charge in [-0.05, 0) is 31.0 Å². The van der Waals surface area contributed by atoms with E-state index < -0.39 is 5.97 Å². The molecular formula is C13H13NO2. The number of carbonyl (C=O) groups is 1. The second kappa shape index (κ2) is 3.93. The molecule has 0 aliphatic rings. The van der Waals surface area contributed by atoms with Crippen molar-refractivity contribution in [3.63, 3.8) is 0 Å². The number of rotatable bonds is 2. The number of benzene rings is 1. The Morgan fingerprint density at radius 1 is 1.25 bits per heavy atom. The minimum Gasteiger partial charge on any atom is -0.481 e. The molecule has 1 aromatic carbocycles. The second-order valence-corrected chi connectivity index (χ2v) is 3.95. The zero-order chi connectivity index (χ0) is 11.7. The van der Waals surface area contributed by atoms with Crippen LogP contribution in [0.5, 0.6) is 0 Å². The van der Waals surface area contributed by atoms with Crippen molar-refractivity contribution in [1.29, 1.82) is 0 Å². The van der Waals surface area contributed by atoms with Gasteiger partial charge in [0, 0.05) is 5.39 Å². The van der Waals surface area contributed by atoms with Gasteiger partial charge in [-0.1, -0.05) is 18.2 Å². The van der Waals surface area contributed by atoms with Crippen LogP contribution in [0.25, 0.3) is 10.9 Å². The number of hydrogen-bond acceptors (Lipinski definition) is 2. The number of fused-ring (bicyclic) bond motifs is 1. The molecule has 3 nitrogen and oxygen atoms in total. The van der Waals surface area contributed by atoms with Crippen LogP contribution in [-0.4, -0.2) is 16.1 Å². The smallest absolute Gasteiger partial charge is 0.309 e. The first kappa shape index (κ1) is 10.6. The molecule has 0 fully saturated rings. The summed E-state index contributed by atoms with van der Waals surface area (Å²) >= 11 is 0. The number of aliphatic carboxylic acids is 1. The molecule has 0 amide bonds. The zero-order valence-corrected chi connectivity index (χ0v) is 9.32. The highest BCUT2D eigenvalue weighted by Gasteiger charge is 2.06. The molecule has 0 atom stereocenters. The molecule has 0 aliphatic carbocycles. The van der Waals surface area contributed by atoms with E-state index in [1.165, 1.54) is 5.56 Å². The third-order valence-corrected chi connectivity index (χ3v) is 2.78. The van der Waals surface area contributed by atoms with E-state index in [0.29, 0.717) is 5.69 Å². The molecule has 0 spiro atoms. The summed E-state index contributed by atoms with van der Waals surface area (Å²) in [6, 6.07) is 7.75. The predicted octanol–water partition coefficient (Wildman–Crippen LogP) is 2.48. The fraction of sp³-hybridized carbons (Fsp3) is 0.231. The molecule has 0 saturated heterocycles. The fourth-order valence-electron chi connectivity index (χ4n) is 1.73. The van der Waals surface area contributed by atoms with Gasteiger partial charge in [0.1, 0.15) is 0 Å². The summed E-state index contributed by atoms with van der Waals surface area (Å²) in [5, 5.41) is 9.78. The first-order valence-corrected chi connectivity index (χ1v) is 5.15. The number of aromatic nitrogens is 1. The molecule has 2 rings (SSSR count). The Morgan fingerprint density at radius 2 is 1.94 bits per heavy atom. The molecule has 0 unspecified atom stereocenters. The third-order valence-electron chi connectivity index (χ3n) is 2.78. The van der Waals surface area contributed by atoms with Gasteiger partial charge in [0.2, 0.25) is 0 Å². The molecule has 0 bridgehead atoms. The summed E-state index contributed by atoms with van der Waals surface area (Å²) in [4.78, 5) is 15.0. The van der Waals surface area contributed by atoms with Crippen molar-refractivity contribution in [2.24, 2.45) is 0 Å². The second-order valence-electron chi connectivity index (χ2n) is 3.95. The van der Waals surface area contributed by atoms with Gasteiger partial charge in [0.25, 0.3) is 0 Å². The lowest BCUT2D eigenvalue weighted by Gasteiger charge is -2.06. The minimum atomic E-state index is -0.850. The monoisotopic (exact) mass is 215 g/mol. The van der Waals surface area contributed by atoms with Crippen LogP contribution in [0.2, 0.25) is 0 Å². The van der Waals surface area contributed by atoms with E-state index in [1.54, 1.807) is 6.07 Å². The number of nitrogens with zero attached hydrogens (tertiary/aromatic N) is 1. The maximum atomic E-state index is 10.6. The summed E-state index contributed by atoms with van der Waals surface area (Å²) < 4.78 is 0. The lowest BCUT2D eigenvalue weighted by atomic mass is 10.0. The third kappa shape index (κ3) is 1.89. The predicted molar refractivity (Wildman–Crippen MR) is 62.6 cm³/mol. The highest BCUT2D eigenvalue weighted by Crippen LogP contribution is 2.20. The van der Waals surface area contributed by atoms with E-state index in [-0.39, 0.29) is 6.42 Å². The lowest BCUT2D eigenvalue weighted by Crippen LogP contribution is -2.02. The average Bonchev–Trinajstić information content (AvgIpc) is 2.23. The van der Waals surface area contributed by atoms with E-state index in [4.69, 9.17) is 5.11 Å². The van der Waals surface area contributed by atoms with Crippen LogP contribution in [0, 0.1) is 13.8 Å². The van der Waals surface area contributed by atoms with Crippen molar-refractivity contribution < 1.29 is 9.90 Å². The van der Waals surface area contributed by atoms with Crippen LogP contribution in [0.1, 0.15) is 16.8 Å². The van der Waals surface area contributed by atoms with E-state index >= 15 is 0 Å². The quantitative estimate of drug-likeness (QED) is 0.837. The van der Waals surface area contributed by atoms with Crippen molar-refractivity contribution in [3.8, 4) is 0 Å². The van der Waals surface area contributed by atoms with E-state index in [0.717, 1.165) is 16.5 Å². The Labute approximate surface area is 93.7 Å². The molecule has 3 heteroatoms. The van der Waals surface area contributed by atoms with Gasteiger partial charge in [-0.2, -0.15) is 0 Å². The van der Waals surface area contributed by atoms with Crippen LogP contribution in [-0.2, 0) is 11.2 Å². The van der Waals surface area contributed by atoms with Gasteiger partial charge in [0.15, 0.2) is 0 Å². The Morgan fingerprint density at radius 3 is 2.62 bits per heavy atom. The maximum Gasteiger partial charge on any atom is 0.309 e. The Bertz CT molecular complexity index is 561. The van der Waals surface area contributed by atoms with Gasteiger partial charge >= 0.3 is 5.97 Å². The molecule has 2 aromatic rings. The van der Waals surface area contributed by atoms with Crippen molar-refractivity contribution in [2.75, 3.05) is 0 Å². The lowest BCUT2D eigenvalue weighted by molar-refractivity contribution is -0.136. The van der Waals surface area contributed by atoms with Gasteiger partial charge in [0.05, 0.1) is 17.6 Å². The zero-order valence-electron chi connectivity index (χ0n) is 9.32. The van der Waals surface area contributed by atoms with Crippen LogP contribution < -0.4 is 0 Å². The average molecular weight is 215 g/mol. The number of aryl methyl sites for hydroxylation is 2. The molecule has 0 radical (unpaired) electrons. The summed E-state index contributed by atoms with van der Waals surface area (Å²) in [6.45, 7) is 4.04. The Kier molecular flexibility index (Phi) is 2.60. The van der Waals surface area contributed by atoms with Gasteiger partial charge in [-0.3, -0.25) is 9.78 Å². The first-order valence-electron chi connectivity index (χ1n) is 5.15. The number of hydrogen-bond donors (Lipinski definition) is 1. The Hall–Kier alpha value is -1.90. The highest BCUT2D eigenvalue weighted by molar-refractivity contribution is 5.83. The molecule has 1 aromatic heterocycles. The van der Waals surface area contributed by atoms with Crippen molar-refractivity contribution in [2.45, 2.75) is 20.3 Å². The minimum absolute atomic E-state index is 0.0245.